The summed E-state index contributed by atoms with van der Waals surface area (Å²) in [4.78, 5) is 14.4. The molecule has 7 heteroatoms. The van der Waals surface area contributed by atoms with Crippen molar-refractivity contribution in [2.24, 2.45) is 0 Å². The molecule has 1 aromatic rings. The lowest BCUT2D eigenvalue weighted by Gasteiger charge is -2.23. The monoisotopic (exact) mass is 315 g/mol. The van der Waals surface area contributed by atoms with Crippen molar-refractivity contribution in [3.8, 4) is 0 Å². The molecule has 112 valence electrons. The van der Waals surface area contributed by atoms with Crippen LogP contribution in [0, 0.1) is 0 Å². The summed E-state index contributed by atoms with van der Waals surface area (Å²) < 4.78 is 5.51. The van der Waals surface area contributed by atoms with E-state index in [2.05, 4.69) is 10.2 Å². The SMILES string of the molecule is CSCc1nnc(SC(C)C(=O)N2CCCCCC2)o1. The number of thioether (sulfide) groups is 2. The number of carbonyl (C=O) groups is 1. The van der Waals surface area contributed by atoms with Crippen LogP contribution >= 0.6 is 23.5 Å². The van der Waals surface area contributed by atoms with Gasteiger partial charge in [0.05, 0.1) is 11.0 Å². The Morgan fingerprint density at radius 1 is 1.30 bits per heavy atom. The molecular formula is C13H21N3O2S2. The smallest absolute Gasteiger partial charge is 0.277 e. The lowest BCUT2D eigenvalue weighted by atomic mass is 10.2. The highest BCUT2D eigenvalue weighted by atomic mass is 32.2. The van der Waals surface area contributed by atoms with Gasteiger partial charge in [0, 0.05) is 13.1 Å². The third-order valence-corrected chi connectivity index (χ3v) is 4.72. The molecule has 2 heterocycles. The van der Waals surface area contributed by atoms with Crippen LogP contribution < -0.4 is 0 Å². The molecule has 0 aromatic carbocycles. The van der Waals surface area contributed by atoms with Crippen LogP contribution in [0.25, 0.3) is 0 Å². The standard InChI is InChI=1S/C13H21N3O2S2/c1-10(12(17)16-7-5-3-4-6-8-16)20-13-15-14-11(18-13)9-19-2/h10H,3-9H2,1-2H3. The van der Waals surface area contributed by atoms with Gasteiger partial charge in [0.1, 0.15) is 0 Å². The summed E-state index contributed by atoms with van der Waals surface area (Å²) in [5, 5.41) is 8.27. The average molecular weight is 315 g/mol. The van der Waals surface area contributed by atoms with Crippen molar-refractivity contribution in [2.45, 2.75) is 48.8 Å². The van der Waals surface area contributed by atoms with Crippen molar-refractivity contribution in [1.29, 1.82) is 0 Å². The second kappa shape index (κ2) is 7.93. The molecule has 0 radical (unpaired) electrons. The first-order valence-electron chi connectivity index (χ1n) is 6.97. The van der Waals surface area contributed by atoms with Gasteiger partial charge in [0.2, 0.25) is 11.8 Å². The van der Waals surface area contributed by atoms with E-state index >= 15 is 0 Å². The second-order valence-electron chi connectivity index (χ2n) is 4.89. The fourth-order valence-electron chi connectivity index (χ4n) is 2.22. The molecule has 5 nitrogen and oxygen atoms in total. The number of hydrogen-bond donors (Lipinski definition) is 0. The summed E-state index contributed by atoms with van der Waals surface area (Å²) >= 11 is 3.00. The molecule has 1 fully saturated rings. The second-order valence-corrected chi connectivity index (χ2v) is 7.05. The van der Waals surface area contributed by atoms with Gasteiger partial charge in [0.15, 0.2) is 0 Å². The number of amides is 1. The highest BCUT2D eigenvalue weighted by molar-refractivity contribution is 8.00. The lowest BCUT2D eigenvalue weighted by molar-refractivity contribution is -0.130. The maximum atomic E-state index is 12.4. The van der Waals surface area contributed by atoms with Crippen molar-refractivity contribution < 1.29 is 9.21 Å². The summed E-state index contributed by atoms with van der Waals surface area (Å²) in [6.07, 6.45) is 6.67. The predicted molar refractivity (Wildman–Crippen MR) is 81.9 cm³/mol. The fourth-order valence-corrected chi connectivity index (χ4v) is 3.37. The van der Waals surface area contributed by atoms with Gasteiger partial charge in [-0.25, -0.2) is 0 Å². The maximum absolute atomic E-state index is 12.4. The maximum Gasteiger partial charge on any atom is 0.277 e. The first kappa shape index (κ1) is 15.7. The highest BCUT2D eigenvalue weighted by Crippen LogP contribution is 2.25. The van der Waals surface area contributed by atoms with Gasteiger partial charge in [-0.05, 0) is 26.0 Å². The van der Waals surface area contributed by atoms with Crippen LogP contribution in [0.5, 0.6) is 0 Å². The first-order valence-corrected chi connectivity index (χ1v) is 9.25. The number of aromatic nitrogens is 2. The molecule has 0 bridgehead atoms. The molecular weight excluding hydrogens is 294 g/mol. The molecule has 2 rings (SSSR count). The van der Waals surface area contributed by atoms with Crippen LogP contribution in [-0.4, -0.2) is 45.6 Å². The number of likely N-dealkylation sites (tertiary alicyclic amines) is 1. The molecule has 1 aromatic heterocycles. The third-order valence-electron chi connectivity index (χ3n) is 3.26. The minimum Gasteiger partial charge on any atom is -0.415 e. The zero-order chi connectivity index (χ0) is 14.4. The minimum atomic E-state index is -0.171. The van der Waals surface area contributed by atoms with E-state index in [4.69, 9.17) is 4.42 Å². The molecule has 1 aliphatic heterocycles. The Balaban J connectivity index is 1.88. The molecule has 1 amide bonds. The molecule has 0 N–H and O–H groups in total. The normalized spacial score (nSPS) is 17.8. The number of nitrogens with zero attached hydrogens (tertiary/aromatic N) is 3. The highest BCUT2D eigenvalue weighted by Gasteiger charge is 2.24. The van der Waals surface area contributed by atoms with Crippen molar-refractivity contribution in [2.75, 3.05) is 19.3 Å². The first-order chi connectivity index (χ1) is 9.70. The summed E-state index contributed by atoms with van der Waals surface area (Å²) in [6.45, 7) is 3.67. The zero-order valence-corrected chi connectivity index (χ0v) is 13.6. The van der Waals surface area contributed by atoms with E-state index in [1.165, 1.54) is 24.6 Å². The van der Waals surface area contributed by atoms with E-state index < -0.39 is 0 Å². The summed E-state index contributed by atoms with van der Waals surface area (Å²) in [5.74, 6) is 1.51. The molecule has 1 atom stereocenters. The molecule has 0 aliphatic carbocycles. The lowest BCUT2D eigenvalue weighted by Crippen LogP contribution is -2.37. The fraction of sp³-hybridized carbons (Fsp3) is 0.769. The minimum absolute atomic E-state index is 0.171. The van der Waals surface area contributed by atoms with Crippen molar-refractivity contribution in [3.05, 3.63) is 5.89 Å². The summed E-state index contributed by atoms with van der Waals surface area (Å²) in [7, 11) is 0. The Morgan fingerprint density at radius 2 is 2.00 bits per heavy atom. The van der Waals surface area contributed by atoms with Crippen molar-refractivity contribution in [3.63, 3.8) is 0 Å². The number of hydrogen-bond acceptors (Lipinski definition) is 6. The summed E-state index contributed by atoms with van der Waals surface area (Å²) in [5.41, 5.74) is 0. The van der Waals surface area contributed by atoms with Gasteiger partial charge in [-0.3, -0.25) is 4.79 Å². The van der Waals surface area contributed by atoms with Gasteiger partial charge >= 0.3 is 0 Å². The van der Waals surface area contributed by atoms with Crippen molar-refractivity contribution >= 4 is 29.4 Å². The van der Waals surface area contributed by atoms with Gasteiger partial charge < -0.3 is 9.32 Å². The topological polar surface area (TPSA) is 59.2 Å². The van der Waals surface area contributed by atoms with Crippen LogP contribution in [-0.2, 0) is 10.5 Å². The van der Waals surface area contributed by atoms with Crippen LogP contribution in [0.2, 0.25) is 0 Å². The molecule has 0 saturated carbocycles. The Morgan fingerprint density at radius 3 is 2.65 bits per heavy atom. The molecule has 1 saturated heterocycles. The number of carbonyl (C=O) groups excluding carboxylic acids is 1. The Labute approximate surface area is 128 Å². The zero-order valence-electron chi connectivity index (χ0n) is 12.0. The van der Waals surface area contributed by atoms with Gasteiger partial charge in [-0.15, -0.1) is 10.2 Å². The van der Waals surface area contributed by atoms with E-state index in [0.29, 0.717) is 16.9 Å². The Hall–Kier alpha value is -0.690. The molecule has 1 aliphatic rings. The summed E-state index contributed by atoms with van der Waals surface area (Å²) in [6, 6.07) is 0. The quantitative estimate of drug-likeness (QED) is 0.779. The van der Waals surface area contributed by atoms with E-state index in [1.807, 2.05) is 18.1 Å². The van der Waals surface area contributed by atoms with E-state index in [9.17, 15) is 4.79 Å². The van der Waals surface area contributed by atoms with Crippen LogP contribution in [0.4, 0.5) is 0 Å². The molecule has 1 unspecified atom stereocenters. The third kappa shape index (κ3) is 4.41. The van der Waals surface area contributed by atoms with E-state index in [1.54, 1.807) is 11.8 Å². The Kier molecular flexibility index (Phi) is 6.22. The van der Waals surface area contributed by atoms with Crippen LogP contribution in [0.15, 0.2) is 9.64 Å². The largest absolute Gasteiger partial charge is 0.415 e. The molecule has 20 heavy (non-hydrogen) atoms. The predicted octanol–water partition coefficient (Wildman–Crippen LogP) is 2.82. The number of rotatable bonds is 5. The average Bonchev–Trinajstić information content (AvgIpc) is 2.72. The molecule has 0 spiro atoms. The Bertz CT molecular complexity index is 431. The van der Waals surface area contributed by atoms with Gasteiger partial charge in [-0.2, -0.15) is 11.8 Å². The van der Waals surface area contributed by atoms with Crippen molar-refractivity contribution in [1.82, 2.24) is 15.1 Å². The van der Waals surface area contributed by atoms with Gasteiger partial charge in [-0.1, -0.05) is 24.6 Å². The van der Waals surface area contributed by atoms with Gasteiger partial charge in [0.25, 0.3) is 5.22 Å². The van der Waals surface area contributed by atoms with Crippen LogP contribution in [0.3, 0.4) is 0 Å². The van der Waals surface area contributed by atoms with E-state index in [0.717, 1.165) is 25.9 Å². The van der Waals surface area contributed by atoms with E-state index in [-0.39, 0.29) is 11.2 Å². The van der Waals surface area contributed by atoms with Crippen LogP contribution in [0.1, 0.15) is 38.5 Å².